The van der Waals surface area contributed by atoms with E-state index in [-0.39, 0.29) is 36.0 Å². The van der Waals surface area contributed by atoms with Gasteiger partial charge in [-0.15, -0.1) is 24.0 Å². The van der Waals surface area contributed by atoms with Crippen LogP contribution in [0, 0.1) is 0 Å². The van der Waals surface area contributed by atoms with Crippen LogP contribution in [0.1, 0.15) is 45.6 Å². The van der Waals surface area contributed by atoms with Gasteiger partial charge in [0.05, 0.1) is 6.54 Å². The minimum Gasteiger partial charge on any atom is -0.357 e. The van der Waals surface area contributed by atoms with Crippen molar-refractivity contribution in [3.8, 4) is 0 Å². The largest absolute Gasteiger partial charge is 0.357 e. The number of benzene rings is 1. The Morgan fingerprint density at radius 2 is 1.79 bits per heavy atom. The second kappa shape index (κ2) is 14.4. The van der Waals surface area contributed by atoms with Crippen LogP contribution in [0.3, 0.4) is 0 Å². The highest BCUT2D eigenvalue weighted by molar-refractivity contribution is 14.0. The summed E-state index contributed by atoms with van der Waals surface area (Å²) in [5.74, 6) is 0.845. The third-order valence-electron chi connectivity index (χ3n) is 4.56. The number of anilines is 1. The molecule has 0 spiro atoms. The lowest BCUT2D eigenvalue weighted by molar-refractivity contribution is 0.232. The number of rotatable bonds is 8. The molecule has 1 aromatic rings. The first-order valence-electron chi connectivity index (χ1n) is 10.5. The molecule has 0 aromatic heterocycles. The number of nitrogens with one attached hydrogen (secondary N) is 4. The summed E-state index contributed by atoms with van der Waals surface area (Å²) in [6, 6.07) is 7.72. The second-order valence-corrected chi connectivity index (χ2v) is 7.47. The normalized spacial score (nSPS) is 14.8. The Bertz CT molecular complexity index is 614. The maximum absolute atomic E-state index is 11.7. The van der Waals surface area contributed by atoms with Gasteiger partial charge in [0, 0.05) is 31.4 Å². The average Bonchev–Trinajstić information content (AvgIpc) is 2.67. The number of aliphatic imine (C=N–C) groups is 1. The lowest BCUT2D eigenvalue weighted by Gasteiger charge is -2.26. The van der Waals surface area contributed by atoms with Crippen LogP contribution in [0.5, 0.6) is 0 Å². The van der Waals surface area contributed by atoms with Crippen LogP contribution in [0.15, 0.2) is 29.3 Å². The molecule has 0 radical (unpaired) electrons. The topological polar surface area (TPSA) is 80.8 Å². The van der Waals surface area contributed by atoms with Gasteiger partial charge in [-0.2, -0.15) is 0 Å². The number of halogens is 1. The highest BCUT2D eigenvalue weighted by Gasteiger charge is 2.09. The van der Waals surface area contributed by atoms with Crippen LogP contribution in [-0.2, 0) is 6.54 Å². The number of piperidine rings is 1. The number of carbonyl (C=O) groups excluding carboxylic acids is 1. The molecule has 1 aliphatic heterocycles. The molecule has 0 unspecified atom stereocenters. The summed E-state index contributed by atoms with van der Waals surface area (Å²) in [6.07, 6.45) is 4.00. The van der Waals surface area contributed by atoms with Crippen molar-refractivity contribution in [2.45, 2.75) is 52.6 Å². The van der Waals surface area contributed by atoms with E-state index >= 15 is 0 Å². The molecule has 0 bridgehead atoms. The van der Waals surface area contributed by atoms with Crippen molar-refractivity contribution in [2.75, 3.05) is 38.0 Å². The molecule has 1 saturated heterocycles. The minimum atomic E-state index is -0.187. The van der Waals surface area contributed by atoms with Crippen molar-refractivity contribution < 1.29 is 4.79 Å². The summed E-state index contributed by atoms with van der Waals surface area (Å²) in [4.78, 5) is 18.9. The molecule has 8 heteroatoms. The van der Waals surface area contributed by atoms with Crippen LogP contribution in [0.2, 0.25) is 0 Å². The number of nitrogens with zero attached hydrogens (tertiary/aromatic N) is 2. The van der Waals surface area contributed by atoms with Crippen molar-refractivity contribution in [3.63, 3.8) is 0 Å². The smallest absolute Gasteiger partial charge is 0.319 e. The van der Waals surface area contributed by atoms with E-state index < -0.39 is 0 Å². The SMILES string of the molecule is CCNC(=NCc1ccc(NC(=O)NC(C)C)cc1)NCCN1CCCCC1.I. The monoisotopic (exact) mass is 516 g/mol. The Hall–Kier alpha value is -1.55. The number of likely N-dealkylation sites (tertiary alicyclic amines) is 1. The lowest BCUT2D eigenvalue weighted by Crippen LogP contribution is -2.42. The summed E-state index contributed by atoms with van der Waals surface area (Å²) in [7, 11) is 0. The van der Waals surface area contributed by atoms with Gasteiger partial charge in [0.1, 0.15) is 0 Å². The summed E-state index contributed by atoms with van der Waals surface area (Å²) in [5, 5.41) is 12.4. The molecule has 29 heavy (non-hydrogen) atoms. The van der Waals surface area contributed by atoms with Crippen LogP contribution in [0.4, 0.5) is 10.5 Å². The number of urea groups is 1. The molecule has 2 rings (SSSR count). The number of hydrogen-bond donors (Lipinski definition) is 4. The first-order valence-corrected chi connectivity index (χ1v) is 10.5. The number of carbonyl (C=O) groups is 1. The van der Waals surface area contributed by atoms with Crippen LogP contribution < -0.4 is 21.3 Å². The van der Waals surface area contributed by atoms with Crippen LogP contribution in [-0.4, -0.2) is 55.7 Å². The van der Waals surface area contributed by atoms with E-state index in [0.717, 1.165) is 36.8 Å². The lowest BCUT2D eigenvalue weighted by atomic mass is 10.1. The highest BCUT2D eigenvalue weighted by atomic mass is 127. The predicted molar refractivity (Wildman–Crippen MR) is 132 cm³/mol. The predicted octanol–water partition coefficient (Wildman–Crippen LogP) is 3.38. The molecule has 0 atom stereocenters. The molecule has 0 saturated carbocycles. The molecule has 1 heterocycles. The van der Waals surface area contributed by atoms with Crippen molar-refractivity contribution in [1.82, 2.24) is 20.9 Å². The fraction of sp³-hybridized carbons (Fsp3) is 0.619. The summed E-state index contributed by atoms with van der Waals surface area (Å²) >= 11 is 0. The minimum absolute atomic E-state index is 0. The van der Waals surface area contributed by atoms with Gasteiger partial charge in [-0.25, -0.2) is 9.79 Å². The first-order chi connectivity index (χ1) is 13.6. The van der Waals surface area contributed by atoms with E-state index in [9.17, 15) is 4.79 Å². The third-order valence-corrected chi connectivity index (χ3v) is 4.56. The van der Waals surface area contributed by atoms with Crippen molar-refractivity contribution in [1.29, 1.82) is 0 Å². The van der Waals surface area contributed by atoms with Gasteiger partial charge in [0.2, 0.25) is 0 Å². The molecular weight excluding hydrogens is 479 g/mol. The Kier molecular flexibility index (Phi) is 12.7. The highest BCUT2D eigenvalue weighted by Crippen LogP contribution is 2.10. The summed E-state index contributed by atoms with van der Waals surface area (Å²) in [6.45, 7) is 11.8. The maximum Gasteiger partial charge on any atom is 0.319 e. The molecule has 2 amide bonds. The molecule has 1 fully saturated rings. The molecule has 164 valence electrons. The Morgan fingerprint density at radius 3 is 2.41 bits per heavy atom. The van der Waals surface area contributed by atoms with Gasteiger partial charge in [-0.05, 0) is 64.4 Å². The van der Waals surface area contributed by atoms with Gasteiger partial charge in [-0.3, -0.25) is 0 Å². The van der Waals surface area contributed by atoms with Crippen LogP contribution >= 0.6 is 24.0 Å². The number of amides is 2. The Labute approximate surface area is 192 Å². The van der Waals surface area contributed by atoms with Gasteiger partial charge < -0.3 is 26.2 Å². The van der Waals surface area contributed by atoms with Gasteiger partial charge in [-0.1, -0.05) is 18.6 Å². The number of guanidine groups is 1. The van der Waals surface area contributed by atoms with E-state index in [4.69, 9.17) is 0 Å². The molecule has 0 aliphatic carbocycles. The number of hydrogen-bond acceptors (Lipinski definition) is 3. The van der Waals surface area contributed by atoms with E-state index in [1.165, 1.54) is 32.4 Å². The quantitative estimate of drug-likeness (QED) is 0.243. The fourth-order valence-corrected chi connectivity index (χ4v) is 3.15. The van der Waals surface area contributed by atoms with Gasteiger partial charge in [0.15, 0.2) is 5.96 Å². The zero-order valence-corrected chi connectivity index (χ0v) is 20.3. The molecule has 7 nitrogen and oxygen atoms in total. The molecule has 1 aliphatic rings. The summed E-state index contributed by atoms with van der Waals surface area (Å²) < 4.78 is 0. The van der Waals surface area contributed by atoms with Crippen LogP contribution in [0.25, 0.3) is 0 Å². The van der Waals surface area contributed by atoms with E-state index in [1.807, 2.05) is 38.1 Å². The standard InChI is InChI=1S/C21H36N6O.HI/c1-4-22-20(23-12-15-27-13-6-5-7-14-27)24-16-18-8-10-19(11-9-18)26-21(28)25-17(2)3;/h8-11,17H,4-7,12-16H2,1-3H3,(H2,22,23,24)(H2,25,26,28);1H. The Morgan fingerprint density at radius 1 is 1.10 bits per heavy atom. The van der Waals surface area contributed by atoms with Gasteiger partial charge in [0.25, 0.3) is 0 Å². The zero-order valence-electron chi connectivity index (χ0n) is 18.0. The average molecular weight is 516 g/mol. The first kappa shape index (κ1) is 25.5. The third kappa shape index (κ3) is 10.7. The maximum atomic E-state index is 11.7. The molecule has 4 N–H and O–H groups in total. The molecule has 1 aromatic carbocycles. The van der Waals surface area contributed by atoms with E-state index in [1.54, 1.807) is 0 Å². The van der Waals surface area contributed by atoms with E-state index in [0.29, 0.717) is 6.54 Å². The summed E-state index contributed by atoms with van der Waals surface area (Å²) in [5.41, 5.74) is 1.88. The molecular formula is C21H37IN6O. The Balaban J connectivity index is 0.00000420. The van der Waals surface area contributed by atoms with Crippen molar-refractivity contribution in [2.24, 2.45) is 4.99 Å². The zero-order chi connectivity index (χ0) is 20.2. The second-order valence-electron chi connectivity index (χ2n) is 7.47. The van der Waals surface area contributed by atoms with E-state index in [2.05, 4.69) is 38.1 Å². The van der Waals surface area contributed by atoms with Gasteiger partial charge >= 0.3 is 6.03 Å². The fourth-order valence-electron chi connectivity index (χ4n) is 3.15. The van der Waals surface area contributed by atoms with Crippen molar-refractivity contribution in [3.05, 3.63) is 29.8 Å². The van der Waals surface area contributed by atoms with Crippen molar-refractivity contribution >= 4 is 41.7 Å².